The van der Waals surface area contributed by atoms with Gasteiger partial charge in [-0.25, -0.2) is 0 Å². The van der Waals surface area contributed by atoms with E-state index in [1.165, 1.54) is 44.0 Å². The maximum atomic E-state index is 5.31. The van der Waals surface area contributed by atoms with E-state index in [-0.39, 0.29) is 0 Å². The molecule has 0 aliphatic rings. The van der Waals surface area contributed by atoms with Crippen LogP contribution in [0.1, 0.15) is 36.8 Å². The molecule has 2 aromatic rings. The molecule has 4 heteroatoms. The van der Waals surface area contributed by atoms with Crippen molar-refractivity contribution >= 4 is 45.2 Å². The summed E-state index contributed by atoms with van der Waals surface area (Å²) < 4.78 is 13.0. The quantitative estimate of drug-likeness (QED) is 0.271. The third-order valence-corrected chi connectivity index (χ3v) is 5.80. The van der Waals surface area contributed by atoms with Crippen LogP contribution in [0.3, 0.4) is 0 Å². The molecule has 0 bridgehead atoms. The molecule has 0 radical (unpaired) electrons. The number of benzene rings is 2. The van der Waals surface area contributed by atoms with Crippen molar-refractivity contribution in [3.8, 4) is 11.5 Å². The van der Waals surface area contributed by atoms with E-state index in [1.54, 1.807) is 14.2 Å². The predicted octanol–water partition coefficient (Wildman–Crippen LogP) is 6.26. The minimum absolute atomic E-state index is 0.966. The van der Waals surface area contributed by atoms with E-state index in [1.807, 2.05) is 0 Å². The maximum absolute atomic E-state index is 5.31. The highest BCUT2D eigenvalue weighted by Gasteiger charge is 2.03. The first-order valence-electron chi connectivity index (χ1n) is 8.29. The normalized spacial score (nSPS) is 10.7. The lowest BCUT2D eigenvalue weighted by Gasteiger charge is -2.07. The van der Waals surface area contributed by atoms with E-state index in [9.17, 15) is 0 Å². The van der Waals surface area contributed by atoms with Crippen LogP contribution in [0.5, 0.6) is 11.5 Å². The van der Waals surface area contributed by atoms with Crippen LogP contribution in [0.2, 0.25) is 0 Å². The molecule has 0 saturated carbocycles. The monoisotopic (exact) mass is 550 g/mol. The summed E-state index contributed by atoms with van der Waals surface area (Å²) in [7, 11) is 3.45. The van der Waals surface area contributed by atoms with Gasteiger partial charge in [-0.2, -0.15) is 0 Å². The summed E-state index contributed by atoms with van der Waals surface area (Å²) in [4.78, 5) is 0. The molecule has 0 atom stereocenters. The Balaban J connectivity index is 1.66. The first-order chi connectivity index (χ1) is 11.6. The second-order valence-electron chi connectivity index (χ2n) is 5.85. The number of rotatable bonds is 9. The fourth-order valence-corrected chi connectivity index (χ4v) is 4.34. The van der Waals surface area contributed by atoms with Gasteiger partial charge in [0, 0.05) is 0 Å². The van der Waals surface area contributed by atoms with E-state index in [0.717, 1.165) is 24.3 Å². The zero-order valence-electron chi connectivity index (χ0n) is 14.3. The standard InChI is InChI=1S/C20H24I2O2/c1-23-19-11-9-15(13-17(19)21)7-5-3-4-6-8-16-10-12-20(24-2)18(22)14-16/h9-14H,3-8H2,1-2H3. The van der Waals surface area contributed by atoms with E-state index in [0.29, 0.717) is 0 Å². The van der Waals surface area contributed by atoms with Crippen LogP contribution in [0.25, 0.3) is 0 Å². The summed E-state index contributed by atoms with van der Waals surface area (Å²) >= 11 is 4.68. The van der Waals surface area contributed by atoms with Crippen molar-refractivity contribution in [2.45, 2.75) is 38.5 Å². The van der Waals surface area contributed by atoms with Gasteiger partial charge in [-0.3, -0.25) is 0 Å². The average Bonchev–Trinajstić information content (AvgIpc) is 2.58. The lowest BCUT2D eigenvalue weighted by atomic mass is 10.0. The van der Waals surface area contributed by atoms with Gasteiger partial charge < -0.3 is 9.47 Å². The SMILES string of the molecule is COc1ccc(CCCCCCc2ccc(OC)c(I)c2)cc1I. The molecule has 0 spiro atoms. The average molecular weight is 550 g/mol. The minimum atomic E-state index is 0.966. The smallest absolute Gasteiger partial charge is 0.132 e. The van der Waals surface area contributed by atoms with E-state index < -0.39 is 0 Å². The van der Waals surface area contributed by atoms with Crippen molar-refractivity contribution in [3.63, 3.8) is 0 Å². The molecule has 0 heterocycles. The van der Waals surface area contributed by atoms with Crippen molar-refractivity contribution in [3.05, 3.63) is 54.7 Å². The molecule has 2 rings (SSSR count). The van der Waals surface area contributed by atoms with Crippen LogP contribution in [0.15, 0.2) is 36.4 Å². The number of unbranched alkanes of at least 4 members (excludes halogenated alkanes) is 3. The van der Waals surface area contributed by atoms with Gasteiger partial charge in [-0.15, -0.1) is 0 Å². The molecule has 0 fully saturated rings. The third kappa shape index (κ3) is 6.10. The molecule has 24 heavy (non-hydrogen) atoms. The van der Waals surface area contributed by atoms with Crippen LogP contribution in [0.4, 0.5) is 0 Å². The van der Waals surface area contributed by atoms with Gasteiger partial charge in [0.05, 0.1) is 21.4 Å². The van der Waals surface area contributed by atoms with Crippen LogP contribution in [-0.4, -0.2) is 14.2 Å². The van der Waals surface area contributed by atoms with Gasteiger partial charge >= 0.3 is 0 Å². The Labute approximate surface area is 172 Å². The molecule has 130 valence electrons. The van der Waals surface area contributed by atoms with Gasteiger partial charge in [-0.05, 0) is 106 Å². The zero-order chi connectivity index (χ0) is 17.4. The number of aryl methyl sites for hydroxylation is 2. The summed E-state index contributed by atoms with van der Waals surface area (Å²) in [5, 5.41) is 0. The molecule has 0 aliphatic heterocycles. The summed E-state index contributed by atoms with van der Waals surface area (Å²) in [6.07, 6.45) is 7.39. The van der Waals surface area contributed by atoms with E-state index in [4.69, 9.17) is 9.47 Å². The fourth-order valence-electron chi connectivity index (χ4n) is 2.74. The summed E-state index contributed by atoms with van der Waals surface area (Å²) in [6.45, 7) is 0. The minimum Gasteiger partial charge on any atom is -0.496 e. The topological polar surface area (TPSA) is 18.5 Å². The second-order valence-corrected chi connectivity index (χ2v) is 8.18. The molecule has 0 aromatic heterocycles. The van der Waals surface area contributed by atoms with E-state index in [2.05, 4.69) is 81.6 Å². The Bertz CT molecular complexity index is 599. The fraction of sp³-hybridized carbons (Fsp3) is 0.400. The number of hydrogen-bond acceptors (Lipinski definition) is 2. The molecule has 2 nitrogen and oxygen atoms in total. The Morgan fingerprint density at radius 1 is 0.667 bits per heavy atom. The Morgan fingerprint density at radius 2 is 1.08 bits per heavy atom. The second kappa shape index (κ2) is 10.5. The van der Waals surface area contributed by atoms with Crippen molar-refractivity contribution in [1.29, 1.82) is 0 Å². The third-order valence-electron chi connectivity index (χ3n) is 4.11. The van der Waals surface area contributed by atoms with Gasteiger partial charge in [0.25, 0.3) is 0 Å². The van der Waals surface area contributed by atoms with Crippen LogP contribution in [-0.2, 0) is 12.8 Å². The van der Waals surface area contributed by atoms with Crippen molar-refractivity contribution in [2.75, 3.05) is 14.2 Å². The zero-order valence-corrected chi connectivity index (χ0v) is 18.6. The summed E-state index contributed by atoms with van der Waals surface area (Å²) in [5.74, 6) is 1.93. The molecular formula is C20H24I2O2. The van der Waals surface area contributed by atoms with Gasteiger partial charge in [-0.1, -0.05) is 25.0 Å². The summed E-state index contributed by atoms with van der Waals surface area (Å²) in [6, 6.07) is 13.0. The Kier molecular flexibility index (Phi) is 8.66. The van der Waals surface area contributed by atoms with E-state index >= 15 is 0 Å². The molecule has 0 aliphatic carbocycles. The highest BCUT2D eigenvalue weighted by atomic mass is 127. The number of ether oxygens (including phenoxy) is 2. The lowest BCUT2D eigenvalue weighted by Crippen LogP contribution is -1.92. The Morgan fingerprint density at radius 3 is 1.42 bits per heavy atom. The largest absolute Gasteiger partial charge is 0.496 e. The lowest BCUT2D eigenvalue weighted by molar-refractivity contribution is 0.411. The van der Waals surface area contributed by atoms with Gasteiger partial charge in [0.2, 0.25) is 0 Å². The van der Waals surface area contributed by atoms with Gasteiger partial charge in [0.15, 0.2) is 0 Å². The molecule has 0 amide bonds. The van der Waals surface area contributed by atoms with Crippen LogP contribution in [0, 0.1) is 7.14 Å². The highest BCUT2D eigenvalue weighted by Crippen LogP contribution is 2.24. The molecule has 0 saturated heterocycles. The van der Waals surface area contributed by atoms with Crippen molar-refractivity contribution in [2.24, 2.45) is 0 Å². The number of halogens is 2. The number of hydrogen-bond donors (Lipinski definition) is 0. The number of methoxy groups -OCH3 is 2. The molecular weight excluding hydrogens is 526 g/mol. The van der Waals surface area contributed by atoms with Gasteiger partial charge in [0.1, 0.15) is 11.5 Å². The van der Waals surface area contributed by atoms with Crippen molar-refractivity contribution in [1.82, 2.24) is 0 Å². The summed E-state index contributed by atoms with van der Waals surface area (Å²) in [5.41, 5.74) is 2.81. The first kappa shape index (κ1) is 19.8. The van der Waals surface area contributed by atoms with Crippen LogP contribution < -0.4 is 9.47 Å². The van der Waals surface area contributed by atoms with Crippen molar-refractivity contribution < 1.29 is 9.47 Å². The highest BCUT2D eigenvalue weighted by molar-refractivity contribution is 14.1. The first-order valence-corrected chi connectivity index (χ1v) is 10.4. The predicted molar refractivity (Wildman–Crippen MR) is 117 cm³/mol. The molecule has 2 aromatic carbocycles. The molecule has 0 unspecified atom stereocenters. The molecule has 0 N–H and O–H groups in total. The Hall–Kier alpha value is -0.500. The maximum Gasteiger partial charge on any atom is 0.132 e. The van der Waals surface area contributed by atoms with Crippen LogP contribution >= 0.6 is 45.2 Å².